The van der Waals surface area contributed by atoms with Crippen LogP contribution in [0.4, 0.5) is 0 Å². The molecule has 3 nitrogen and oxygen atoms in total. The van der Waals surface area contributed by atoms with Crippen molar-refractivity contribution in [3.8, 4) is 17.3 Å². The van der Waals surface area contributed by atoms with Crippen LogP contribution >= 0.6 is 11.6 Å². The van der Waals surface area contributed by atoms with Gasteiger partial charge in [0.05, 0.1) is 11.3 Å². The first-order valence-corrected chi connectivity index (χ1v) is 6.20. The van der Waals surface area contributed by atoms with Gasteiger partial charge in [0, 0.05) is 34.6 Å². The molecule has 2 aromatic carbocycles. The number of nitriles is 1. The number of rotatable bonds is 1. The lowest BCUT2D eigenvalue weighted by atomic mass is 9.98. The summed E-state index contributed by atoms with van der Waals surface area (Å²) in [6.45, 7) is 0. The van der Waals surface area contributed by atoms with Crippen LogP contribution in [0.5, 0.6) is 0 Å². The summed E-state index contributed by atoms with van der Waals surface area (Å²) in [4.78, 5) is 0. The number of hydrogen-bond donors (Lipinski definition) is 0. The topological polar surface area (TPSA) is 41.6 Å². The first-order chi connectivity index (χ1) is 9.22. The van der Waals surface area contributed by atoms with Crippen molar-refractivity contribution >= 4 is 22.4 Å². The Bertz CT molecular complexity index is 812. The Morgan fingerprint density at radius 3 is 2.68 bits per heavy atom. The van der Waals surface area contributed by atoms with E-state index in [0.29, 0.717) is 10.6 Å². The number of aryl methyl sites for hydroxylation is 1. The van der Waals surface area contributed by atoms with Crippen LogP contribution in [0.1, 0.15) is 5.56 Å². The van der Waals surface area contributed by atoms with E-state index in [4.69, 9.17) is 11.6 Å². The Morgan fingerprint density at radius 1 is 1.16 bits per heavy atom. The molecule has 1 aromatic heterocycles. The van der Waals surface area contributed by atoms with E-state index in [9.17, 15) is 5.26 Å². The first-order valence-electron chi connectivity index (χ1n) is 5.82. The highest BCUT2D eigenvalue weighted by atomic mass is 35.5. The highest BCUT2D eigenvalue weighted by Gasteiger charge is 2.12. The number of aromatic nitrogens is 2. The predicted octanol–water partition coefficient (Wildman–Crippen LogP) is 3.77. The van der Waals surface area contributed by atoms with Crippen LogP contribution in [-0.2, 0) is 7.05 Å². The van der Waals surface area contributed by atoms with Crippen molar-refractivity contribution in [3.63, 3.8) is 0 Å². The third-order valence-electron chi connectivity index (χ3n) is 3.22. The standard InChI is InChI=1S/C15H10ClN3/c1-19-15(7-8-18-19)12-6-5-11-10(13(12)9-17)3-2-4-14(11)16/h2-8H,1H3. The zero-order chi connectivity index (χ0) is 13.4. The van der Waals surface area contributed by atoms with Gasteiger partial charge >= 0.3 is 0 Å². The predicted molar refractivity (Wildman–Crippen MR) is 75.9 cm³/mol. The van der Waals surface area contributed by atoms with E-state index < -0.39 is 0 Å². The monoisotopic (exact) mass is 267 g/mol. The molecule has 0 spiro atoms. The second kappa shape index (κ2) is 4.42. The molecule has 0 aliphatic carbocycles. The molecular formula is C15H10ClN3. The first kappa shape index (κ1) is 11.8. The quantitative estimate of drug-likeness (QED) is 0.673. The molecule has 0 N–H and O–H groups in total. The molecule has 0 fully saturated rings. The fourth-order valence-electron chi connectivity index (χ4n) is 2.29. The maximum absolute atomic E-state index is 9.47. The molecular weight excluding hydrogens is 258 g/mol. The Balaban J connectivity index is 2.40. The maximum atomic E-state index is 9.47. The number of nitrogens with zero attached hydrogens (tertiary/aromatic N) is 3. The Hall–Kier alpha value is -2.31. The number of halogens is 1. The van der Waals surface area contributed by atoms with Gasteiger partial charge < -0.3 is 0 Å². The van der Waals surface area contributed by atoms with Crippen LogP contribution in [0.2, 0.25) is 5.02 Å². The van der Waals surface area contributed by atoms with Gasteiger partial charge in [0.1, 0.15) is 6.07 Å². The van der Waals surface area contributed by atoms with Crippen molar-refractivity contribution in [2.24, 2.45) is 7.05 Å². The summed E-state index contributed by atoms with van der Waals surface area (Å²) in [5, 5.41) is 16.0. The number of fused-ring (bicyclic) bond motifs is 1. The zero-order valence-corrected chi connectivity index (χ0v) is 11.0. The van der Waals surface area contributed by atoms with Gasteiger partial charge in [0.2, 0.25) is 0 Å². The van der Waals surface area contributed by atoms with Crippen LogP contribution in [0.15, 0.2) is 42.6 Å². The van der Waals surface area contributed by atoms with E-state index in [1.807, 2.05) is 43.4 Å². The minimum absolute atomic E-state index is 0.628. The van der Waals surface area contributed by atoms with Crippen molar-refractivity contribution in [2.75, 3.05) is 0 Å². The van der Waals surface area contributed by atoms with Crippen molar-refractivity contribution in [3.05, 3.63) is 53.2 Å². The molecule has 0 saturated carbocycles. The van der Waals surface area contributed by atoms with Crippen LogP contribution in [-0.4, -0.2) is 9.78 Å². The smallest absolute Gasteiger partial charge is 0.100 e. The number of benzene rings is 2. The lowest BCUT2D eigenvalue weighted by Crippen LogP contribution is -1.96. The molecule has 0 bridgehead atoms. The van der Waals surface area contributed by atoms with E-state index >= 15 is 0 Å². The van der Waals surface area contributed by atoms with E-state index in [1.165, 1.54) is 0 Å². The zero-order valence-electron chi connectivity index (χ0n) is 10.3. The van der Waals surface area contributed by atoms with E-state index in [0.717, 1.165) is 22.0 Å². The normalized spacial score (nSPS) is 10.6. The summed E-state index contributed by atoms with van der Waals surface area (Å²) in [7, 11) is 1.86. The lowest BCUT2D eigenvalue weighted by molar-refractivity contribution is 0.776. The Morgan fingerprint density at radius 2 is 2.00 bits per heavy atom. The molecule has 3 aromatic rings. The van der Waals surface area contributed by atoms with Crippen LogP contribution in [0.3, 0.4) is 0 Å². The summed E-state index contributed by atoms with van der Waals surface area (Å²) < 4.78 is 1.76. The van der Waals surface area contributed by atoms with Gasteiger partial charge in [-0.2, -0.15) is 10.4 Å². The highest BCUT2D eigenvalue weighted by molar-refractivity contribution is 6.35. The van der Waals surface area contributed by atoms with Gasteiger partial charge in [-0.05, 0) is 12.1 Å². The number of hydrogen-bond acceptors (Lipinski definition) is 2. The average Bonchev–Trinajstić information content (AvgIpc) is 2.84. The van der Waals surface area contributed by atoms with Gasteiger partial charge in [-0.25, -0.2) is 0 Å². The molecule has 0 aliphatic rings. The summed E-state index contributed by atoms with van der Waals surface area (Å²) in [6, 6.07) is 13.6. The third-order valence-corrected chi connectivity index (χ3v) is 3.55. The van der Waals surface area contributed by atoms with Gasteiger partial charge in [0.25, 0.3) is 0 Å². The SMILES string of the molecule is Cn1nccc1-c1ccc2c(Cl)cccc2c1C#N. The van der Waals surface area contributed by atoms with Crippen molar-refractivity contribution in [1.29, 1.82) is 5.26 Å². The van der Waals surface area contributed by atoms with E-state index in [2.05, 4.69) is 11.2 Å². The maximum Gasteiger partial charge on any atom is 0.100 e. The summed E-state index contributed by atoms with van der Waals surface area (Å²) in [6.07, 6.45) is 1.72. The molecule has 0 saturated heterocycles. The minimum Gasteiger partial charge on any atom is -0.268 e. The molecule has 19 heavy (non-hydrogen) atoms. The molecule has 92 valence electrons. The van der Waals surface area contributed by atoms with Gasteiger partial charge in [-0.3, -0.25) is 4.68 Å². The largest absolute Gasteiger partial charge is 0.268 e. The van der Waals surface area contributed by atoms with E-state index in [1.54, 1.807) is 10.9 Å². The lowest BCUT2D eigenvalue weighted by Gasteiger charge is -2.09. The van der Waals surface area contributed by atoms with Crippen molar-refractivity contribution in [2.45, 2.75) is 0 Å². The summed E-state index contributed by atoms with van der Waals surface area (Å²) in [5.41, 5.74) is 2.42. The minimum atomic E-state index is 0.628. The summed E-state index contributed by atoms with van der Waals surface area (Å²) >= 11 is 6.17. The fourth-order valence-corrected chi connectivity index (χ4v) is 2.53. The Labute approximate surface area is 115 Å². The van der Waals surface area contributed by atoms with Crippen LogP contribution in [0.25, 0.3) is 22.0 Å². The summed E-state index contributed by atoms with van der Waals surface area (Å²) in [5.74, 6) is 0. The van der Waals surface area contributed by atoms with Crippen LogP contribution < -0.4 is 0 Å². The van der Waals surface area contributed by atoms with Gasteiger partial charge in [-0.1, -0.05) is 35.9 Å². The van der Waals surface area contributed by atoms with Crippen molar-refractivity contribution in [1.82, 2.24) is 9.78 Å². The average molecular weight is 268 g/mol. The van der Waals surface area contributed by atoms with Gasteiger partial charge in [0.15, 0.2) is 0 Å². The van der Waals surface area contributed by atoms with Crippen molar-refractivity contribution < 1.29 is 0 Å². The molecule has 0 amide bonds. The van der Waals surface area contributed by atoms with Gasteiger partial charge in [-0.15, -0.1) is 0 Å². The molecule has 0 unspecified atom stereocenters. The molecule has 0 aliphatic heterocycles. The molecule has 0 atom stereocenters. The molecule has 3 rings (SSSR count). The molecule has 1 heterocycles. The fraction of sp³-hybridized carbons (Fsp3) is 0.0667. The van der Waals surface area contributed by atoms with E-state index in [-0.39, 0.29) is 0 Å². The third kappa shape index (κ3) is 1.78. The highest BCUT2D eigenvalue weighted by Crippen LogP contribution is 2.32. The second-order valence-electron chi connectivity index (χ2n) is 4.27. The van der Waals surface area contributed by atoms with Crippen LogP contribution in [0, 0.1) is 11.3 Å². The Kier molecular flexibility index (Phi) is 2.73. The second-order valence-corrected chi connectivity index (χ2v) is 4.68. The molecule has 0 radical (unpaired) electrons. The molecule has 4 heteroatoms.